The number of terminal acetylenes is 1. The van der Waals surface area contributed by atoms with Gasteiger partial charge in [0.2, 0.25) is 0 Å². The normalized spacial score (nSPS) is 9.92. The van der Waals surface area contributed by atoms with E-state index in [2.05, 4.69) is 10.9 Å². The number of pyridine rings is 1. The van der Waals surface area contributed by atoms with Gasteiger partial charge in [-0.15, -0.1) is 6.42 Å². The number of aromatic nitrogens is 1. The maximum Gasteiger partial charge on any atom is 0.146 e. The highest BCUT2D eigenvalue weighted by Gasteiger charge is 2.07. The Bertz CT molecular complexity index is 323. The van der Waals surface area contributed by atoms with E-state index in [1.165, 1.54) is 12.3 Å². The van der Waals surface area contributed by atoms with Gasteiger partial charge in [-0.25, -0.2) is 4.39 Å². The molecule has 0 aliphatic heterocycles. The molecule has 12 heavy (non-hydrogen) atoms. The molecule has 62 valence electrons. The molecule has 1 nitrogen and oxygen atoms in total. The molecule has 0 saturated carbocycles. The third-order valence-electron chi connectivity index (χ3n) is 1.58. The van der Waals surface area contributed by atoms with E-state index in [4.69, 9.17) is 6.42 Å². The van der Waals surface area contributed by atoms with Crippen LogP contribution in [0.25, 0.3) is 0 Å². The Labute approximate surface area is 71.6 Å². The summed E-state index contributed by atoms with van der Waals surface area (Å²) in [5, 5.41) is 0. The van der Waals surface area contributed by atoms with Crippen molar-refractivity contribution in [1.29, 1.82) is 0 Å². The van der Waals surface area contributed by atoms with Crippen LogP contribution in [0.5, 0.6) is 0 Å². The first-order valence-electron chi connectivity index (χ1n) is 3.77. The summed E-state index contributed by atoms with van der Waals surface area (Å²) in [4.78, 5) is 3.93. The first-order valence-corrected chi connectivity index (χ1v) is 3.77. The van der Waals surface area contributed by atoms with E-state index in [0.29, 0.717) is 11.3 Å². The van der Waals surface area contributed by atoms with Crippen LogP contribution in [0.1, 0.15) is 31.0 Å². The summed E-state index contributed by atoms with van der Waals surface area (Å²) in [6, 6.07) is 1.34. The summed E-state index contributed by atoms with van der Waals surface area (Å²) in [6.07, 6.45) is 6.60. The molecule has 2 heteroatoms. The zero-order chi connectivity index (χ0) is 9.14. The summed E-state index contributed by atoms with van der Waals surface area (Å²) in [7, 11) is 0. The molecule has 0 aromatic carbocycles. The standard InChI is InChI=1S/C10H10FN/c1-4-8-5-9(11)10(7(2)3)12-6-8/h1,5-7H,2-3H3. The van der Waals surface area contributed by atoms with Crippen molar-refractivity contribution in [2.45, 2.75) is 19.8 Å². The van der Waals surface area contributed by atoms with Crippen molar-refractivity contribution in [3.8, 4) is 12.3 Å². The Kier molecular flexibility index (Phi) is 2.44. The molecular formula is C10H10FN. The third kappa shape index (κ3) is 1.62. The molecule has 0 spiro atoms. The lowest BCUT2D eigenvalue weighted by molar-refractivity contribution is 0.584. The molecule has 0 aliphatic rings. The second kappa shape index (κ2) is 3.36. The van der Waals surface area contributed by atoms with Crippen molar-refractivity contribution >= 4 is 0 Å². The molecule has 0 radical (unpaired) electrons. The van der Waals surface area contributed by atoms with E-state index < -0.39 is 0 Å². The quantitative estimate of drug-likeness (QED) is 0.579. The summed E-state index contributed by atoms with van der Waals surface area (Å²) in [5.74, 6) is 2.11. The molecule has 0 amide bonds. The van der Waals surface area contributed by atoms with Gasteiger partial charge in [0.15, 0.2) is 0 Å². The first-order chi connectivity index (χ1) is 5.65. The highest BCUT2D eigenvalue weighted by atomic mass is 19.1. The maximum atomic E-state index is 13.1. The monoisotopic (exact) mass is 163 g/mol. The van der Waals surface area contributed by atoms with Crippen LogP contribution in [-0.2, 0) is 0 Å². The zero-order valence-electron chi connectivity index (χ0n) is 7.13. The highest BCUT2D eigenvalue weighted by Crippen LogP contribution is 2.15. The van der Waals surface area contributed by atoms with E-state index in [1.807, 2.05) is 13.8 Å². The number of rotatable bonds is 1. The first kappa shape index (κ1) is 8.73. The van der Waals surface area contributed by atoms with Crippen LogP contribution in [0.3, 0.4) is 0 Å². The van der Waals surface area contributed by atoms with Crippen LogP contribution in [0.15, 0.2) is 12.3 Å². The summed E-state index contributed by atoms with van der Waals surface area (Å²) < 4.78 is 13.1. The van der Waals surface area contributed by atoms with Gasteiger partial charge >= 0.3 is 0 Å². The second-order valence-corrected chi connectivity index (χ2v) is 2.89. The van der Waals surface area contributed by atoms with E-state index in [-0.39, 0.29) is 11.7 Å². The Balaban J connectivity index is 3.14. The summed E-state index contributed by atoms with van der Waals surface area (Å²) >= 11 is 0. The fraction of sp³-hybridized carbons (Fsp3) is 0.300. The van der Waals surface area contributed by atoms with Crippen LogP contribution in [0.2, 0.25) is 0 Å². The van der Waals surface area contributed by atoms with Crippen molar-refractivity contribution < 1.29 is 4.39 Å². The molecule has 0 saturated heterocycles. The molecule has 0 N–H and O–H groups in total. The van der Waals surface area contributed by atoms with E-state index in [9.17, 15) is 4.39 Å². The fourth-order valence-electron chi connectivity index (χ4n) is 0.952. The topological polar surface area (TPSA) is 12.9 Å². The lowest BCUT2D eigenvalue weighted by Crippen LogP contribution is -1.97. The average Bonchev–Trinajstić information content (AvgIpc) is 2.03. The minimum Gasteiger partial charge on any atom is -0.257 e. The lowest BCUT2D eigenvalue weighted by atomic mass is 10.1. The molecule has 0 aliphatic carbocycles. The predicted octanol–water partition coefficient (Wildman–Crippen LogP) is 2.33. The largest absolute Gasteiger partial charge is 0.257 e. The van der Waals surface area contributed by atoms with Gasteiger partial charge in [0.1, 0.15) is 5.82 Å². The van der Waals surface area contributed by atoms with Gasteiger partial charge in [-0.05, 0) is 12.0 Å². The number of halogens is 1. The molecule has 0 fully saturated rings. The van der Waals surface area contributed by atoms with Gasteiger partial charge < -0.3 is 0 Å². The van der Waals surface area contributed by atoms with Crippen molar-refractivity contribution in [1.82, 2.24) is 4.98 Å². The molecule has 0 bridgehead atoms. The minimum absolute atomic E-state index is 0.0943. The Hall–Kier alpha value is -1.36. The van der Waals surface area contributed by atoms with Gasteiger partial charge in [-0.3, -0.25) is 4.98 Å². The van der Waals surface area contributed by atoms with Crippen molar-refractivity contribution in [3.05, 3.63) is 29.3 Å². The molecule has 1 rings (SSSR count). The number of hydrogen-bond acceptors (Lipinski definition) is 1. The average molecular weight is 163 g/mol. The lowest BCUT2D eigenvalue weighted by Gasteiger charge is -2.04. The Morgan fingerprint density at radius 1 is 1.58 bits per heavy atom. The Morgan fingerprint density at radius 3 is 2.67 bits per heavy atom. The Morgan fingerprint density at radius 2 is 2.25 bits per heavy atom. The molecular weight excluding hydrogens is 153 g/mol. The van der Waals surface area contributed by atoms with E-state index >= 15 is 0 Å². The van der Waals surface area contributed by atoms with Crippen molar-refractivity contribution in [3.63, 3.8) is 0 Å². The van der Waals surface area contributed by atoms with E-state index in [1.54, 1.807) is 0 Å². The van der Waals surface area contributed by atoms with Crippen LogP contribution in [0, 0.1) is 18.2 Å². The smallest absolute Gasteiger partial charge is 0.146 e. The van der Waals surface area contributed by atoms with Crippen LogP contribution in [0.4, 0.5) is 4.39 Å². The molecule has 0 unspecified atom stereocenters. The summed E-state index contributed by atoms with van der Waals surface area (Å²) in [6.45, 7) is 3.78. The number of nitrogens with zero attached hydrogens (tertiary/aromatic N) is 1. The second-order valence-electron chi connectivity index (χ2n) is 2.89. The molecule has 0 atom stereocenters. The van der Waals surface area contributed by atoms with Crippen LogP contribution < -0.4 is 0 Å². The highest BCUT2D eigenvalue weighted by molar-refractivity contribution is 5.31. The van der Waals surface area contributed by atoms with Gasteiger partial charge in [0.25, 0.3) is 0 Å². The molecule has 1 aromatic heterocycles. The molecule has 1 heterocycles. The van der Waals surface area contributed by atoms with Crippen LogP contribution >= 0.6 is 0 Å². The van der Waals surface area contributed by atoms with Crippen molar-refractivity contribution in [2.24, 2.45) is 0 Å². The predicted molar refractivity (Wildman–Crippen MR) is 46.2 cm³/mol. The maximum absolute atomic E-state index is 13.1. The van der Waals surface area contributed by atoms with Gasteiger partial charge in [-0.2, -0.15) is 0 Å². The van der Waals surface area contributed by atoms with E-state index in [0.717, 1.165) is 0 Å². The van der Waals surface area contributed by atoms with Crippen molar-refractivity contribution in [2.75, 3.05) is 0 Å². The molecule has 1 aromatic rings. The minimum atomic E-state index is -0.319. The van der Waals surface area contributed by atoms with Gasteiger partial charge in [0, 0.05) is 11.8 Å². The number of hydrogen-bond donors (Lipinski definition) is 0. The SMILES string of the molecule is C#Cc1cnc(C(C)C)c(F)c1. The van der Waals surface area contributed by atoms with Gasteiger partial charge in [-0.1, -0.05) is 19.8 Å². The van der Waals surface area contributed by atoms with Gasteiger partial charge in [0.05, 0.1) is 5.69 Å². The zero-order valence-corrected chi connectivity index (χ0v) is 7.13. The fourth-order valence-corrected chi connectivity index (χ4v) is 0.952. The third-order valence-corrected chi connectivity index (χ3v) is 1.58. The van der Waals surface area contributed by atoms with Crippen LogP contribution in [-0.4, -0.2) is 4.98 Å². The summed E-state index contributed by atoms with van der Waals surface area (Å²) in [5.41, 5.74) is 0.950.